The quantitative estimate of drug-likeness (QED) is 0.835. The number of aromatic nitrogens is 2. The molecule has 27 heavy (non-hydrogen) atoms. The number of aliphatic hydroxyl groups excluding tert-OH is 1. The van der Waals surface area contributed by atoms with E-state index in [0.717, 1.165) is 10.9 Å². The number of benzene rings is 1. The SMILES string of the molecule is CC1(C2CCN(C(=O)CC(F)(F)F)CC2)C(O)c2cc(Cl)cc3cnn1c23. The lowest BCUT2D eigenvalue weighted by Gasteiger charge is -2.43. The summed E-state index contributed by atoms with van der Waals surface area (Å²) in [5, 5.41) is 16.9. The highest BCUT2D eigenvalue weighted by molar-refractivity contribution is 6.31. The van der Waals surface area contributed by atoms with Crippen molar-refractivity contribution in [3.8, 4) is 0 Å². The van der Waals surface area contributed by atoms with Crippen LogP contribution in [0, 0.1) is 5.92 Å². The monoisotopic (exact) mass is 401 g/mol. The van der Waals surface area contributed by atoms with Gasteiger partial charge in [0.2, 0.25) is 5.91 Å². The Morgan fingerprint density at radius 2 is 2.04 bits per heavy atom. The average Bonchev–Trinajstić information content (AvgIpc) is 3.10. The molecular weight excluding hydrogens is 383 g/mol. The predicted molar refractivity (Wildman–Crippen MR) is 93.3 cm³/mol. The predicted octanol–water partition coefficient (Wildman–Crippen LogP) is 3.64. The third kappa shape index (κ3) is 2.89. The maximum absolute atomic E-state index is 12.5. The molecule has 1 fully saturated rings. The van der Waals surface area contributed by atoms with Gasteiger partial charge in [-0.1, -0.05) is 11.6 Å². The number of amides is 1. The van der Waals surface area contributed by atoms with E-state index in [0.29, 0.717) is 23.4 Å². The Balaban J connectivity index is 1.56. The highest BCUT2D eigenvalue weighted by Gasteiger charge is 2.51. The van der Waals surface area contributed by atoms with Gasteiger partial charge >= 0.3 is 6.18 Å². The Hall–Kier alpha value is -1.80. The molecule has 2 atom stereocenters. The Morgan fingerprint density at radius 3 is 2.67 bits per heavy atom. The van der Waals surface area contributed by atoms with Gasteiger partial charge in [-0.2, -0.15) is 18.3 Å². The molecule has 146 valence electrons. The molecule has 5 nitrogen and oxygen atoms in total. The van der Waals surface area contributed by atoms with Crippen LogP contribution in [0.5, 0.6) is 0 Å². The number of rotatable bonds is 2. The normalized spacial score (nSPS) is 26.1. The maximum Gasteiger partial charge on any atom is 0.397 e. The summed E-state index contributed by atoms with van der Waals surface area (Å²) in [6.45, 7) is 2.39. The van der Waals surface area contributed by atoms with Crippen molar-refractivity contribution in [3.05, 3.63) is 28.9 Å². The first-order chi connectivity index (χ1) is 12.6. The van der Waals surface area contributed by atoms with Crippen molar-refractivity contribution in [2.24, 2.45) is 5.92 Å². The molecule has 0 aliphatic carbocycles. The van der Waals surface area contributed by atoms with Gasteiger partial charge < -0.3 is 10.0 Å². The minimum absolute atomic E-state index is 0.0308. The van der Waals surface area contributed by atoms with Crippen molar-refractivity contribution < 1.29 is 23.1 Å². The van der Waals surface area contributed by atoms with E-state index < -0.39 is 30.1 Å². The van der Waals surface area contributed by atoms with Crippen LogP contribution in [-0.4, -0.2) is 45.0 Å². The van der Waals surface area contributed by atoms with Crippen LogP contribution in [0.15, 0.2) is 18.3 Å². The number of carbonyl (C=O) groups excluding carboxylic acids is 1. The second kappa shape index (κ2) is 6.10. The molecule has 1 N–H and O–H groups in total. The topological polar surface area (TPSA) is 58.4 Å². The Morgan fingerprint density at radius 1 is 1.37 bits per heavy atom. The van der Waals surface area contributed by atoms with Crippen LogP contribution in [-0.2, 0) is 10.3 Å². The minimum Gasteiger partial charge on any atom is -0.386 e. The van der Waals surface area contributed by atoms with Crippen molar-refractivity contribution in [1.82, 2.24) is 14.7 Å². The standard InChI is InChI=1S/C18H19ClF3N3O2/c1-17(11-2-4-24(5-3-11)14(26)8-18(20,21)22)16(27)13-7-12(19)6-10-9-23-25(17)15(10)13/h6-7,9,11,16,27H,2-5,8H2,1H3. The second-order valence-corrected chi connectivity index (χ2v) is 8.00. The molecule has 0 bridgehead atoms. The van der Waals surface area contributed by atoms with Crippen LogP contribution in [0.1, 0.15) is 37.9 Å². The summed E-state index contributed by atoms with van der Waals surface area (Å²) in [6, 6.07) is 3.53. The fourth-order valence-corrected chi connectivity index (χ4v) is 4.80. The minimum atomic E-state index is -4.50. The van der Waals surface area contributed by atoms with E-state index in [1.165, 1.54) is 4.90 Å². The lowest BCUT2D eigenvalue weighted by Crippen LogP contribution is -2.48. The molecule has 1 aromatic heterocycles. The lowest BCUT2D eigenvalue weighted by molar-refractivity contribution is -0.163. The van der Waals surface area contributed by atoms with Gasteiger partial charge in [-0.15, -0.1) is 0 Å². The number of hydrogen-bond donors (Lipinski definition) is 1. The zero-order valence-corrected chi connectivity index (χ0v) is 15.4. The molecule has 0 spiro atoms. The van der Waals surface area contributed by atoms with Gasteiger partial charge in [0.1, 0.15) is 12.5 Å². The van der Waals surface area contributed by atoms with Gasteiger partial charge in [0.15, 0.2) is 0 Å². The van der Waals surface area contributed by atoms with E-state index in [1.54, 1.807) is 18.3 Å². The van der Waals surface area contributed by atoms with E-state index in [2.05, 4.69) is 5.10 Å². The third-order valence-corrected chi connectivity index (χ3v) is 6.21. The molecule has 9 heteroatoms. The summed E-state index contributed by atoms with van der Waals surface area (Å²) in [7, 11) is 0. The number of piperidine rings is 1. The van der Waals surface area contributed by atoms with Gasteiger partial charge in [0.25, 0.3) is 0 Å². The average molecular weight is 402 g/mol. The van der Waals surface area contributed by atoms with Crippen LogP contribution >= 0.6 is 11.6 Å². The zero-order valence-electron chi connectivity index (χ0n) is 14.6. The lowest BCUT2D eigenvalue weighted by atomic mass is 9.75. The first-order valence-corrected chi connectivity index (χ1v) is 9.19. The molecule has 1 saturated heterocycles. The van der Waals surface area contributed by atoms with Gasteiger partial charge in [-0.3, -0.25) is 9.48 Å². The number of aliphatic hydroxyl groups is 1. The summed E-state index contributed by atoms with van der Waals surface area (Å²) in [5.74, 6) is -0.925. The molecular formula is C18H19ClF3N3O2. The molecule has 2 aliphatic rings. The van der Waals surface area contributed by atoms with E-state index in [-0.39, 0.29) is 19.0 Å². The molecule has 2 aromatic rings. The first kappa shape index (κ1) is 18.6. The number of nitrogens with zero attached hydrogens (tertiary/aromatic N) is 3. The Labute approximate surface area is 158 Å². The van der Waals surface area contributed by atoms with Crippen LogP contribution < -0.4 is 0 Å². The van der Waals surface area contributed by atoms with Crippen molar-refractivity contribution in [2.75, 3.05) is 13.1 Å². The smallest absolute Gasteiger partial charge is 0.386 e. The maximum atomic E-state index is 12.5. The summed E-state index contributed by atoms with van der Waals surface area (Å²) < 4.78 is 39.2. The van der Waals surface area contributed by atoms with Crippen molar-refractivity contribution in [1.29, 1.82) is 0 Å². The molecule has 0 radical (unpaired) electrons. The van der Waals surface area contributed by atoms with Gasteiger partial charge in [0, 0.05) is 29.1 Å². The van der Waals surface area contributed by atoms with Gasteiger partial charge in [-0.25, -0.2) is 0 Å². The molecule has 2 unspecified atom stereocenters. The van der Waals surface area contributed by atoms with E-state index >= 15 is 0 Å². The van der Waals surface area contributed by atoms with Crippen molar-refractivity contribution >= 4 is 28.4 Å². The van der Waals surface area contributed by atoms with Crippen molar-refractivity contribution in [3.63, 3.8) is 0 Å². The van der Waals surface area contributed by atoms with E-state index in [1.807, 2.05) is 11.6 Å². The zero-order chi connectivity index (χ0) is 19.6. The molecule has 1 amide bonds. The Bertz CT molecular complexity index is 905. The first-order valence-electron chi connectivity index (χ1n) is 8.81. The van der Waals surface area contributed by atoms with Crippen molar-refractivity contribution in [2.45, 2.75) is 44.0 Å². The summed E-state index contributed by atoms with van der Waals surface area (Å²) in [4.78, 5) is 13.1. The van der Waals surface area contributed by atoms with Crippen LogP contribution in [0.2, 0.25) is 5.02 Å². The van der Waals surface area contributed by atoms with Gasteiger partial charge in [-0.05, 0) is 37.8 Å². The van der Waals surface area contributed by atoms with E-state index in [4.69, 9.17) is 11.6 Å². The Kier molecular flexibility index (Phi) is 4.19. The number of carbonyl (C=O) groups is 1. The van der Waals surface area contributed by atoms with Crippen LogP contribution in [0.25, 0.3) is 10.9 Å². The fourth-order valence-electron chi connectivity index (χ4n) is 4.56. The highest BCUT2D eigenvalue weighted by Crippen LogP contribution is 2.51. The van der Waals surface area contributed by atoms with Crippen LogP contribution in [0.4, 0.5) is 13.2 Å². The number of hydrogen-bond acceptors (Lipinski definition) is 3. The van der Waals surface area contributed by atoms with Gasteiger partial charge in [0.05, 0.1) is 17.3 Å². The van der Waals surface area contributed by atoms with E-state index in [9.17, 15) is 23.1 Å². The summed E-state index contributed by atoms with van der Waals surface area (Å²) >= 11 is 6.15. The van der Waals surface area contributed by atoms with Crippen LogP contribution in [0.3, 0.4) is 0 Å². The molecule has 2 aliphatic heterocycles. The summed E-state index contributed by atoms with van der Waals surface area (Å²) in [6.07, 6.45) is -4.04. The molecule has 3 heterocycles. The number of halogens is 4. The summed E-state index contributed by atoms with van der Waals surface area (Å²) in [5.41, 5.74) is 0.826. The third-order valence-electron chi connectivity index (χ3n) is 5.99. The number of alkyl halides is 3. The molecule has 0 saturated carbocycles. The fraction of sp³-hybridized carbons (Fsp3) is 0.556. The highest BCUT2D eigenvalue weighted by atomic mass is 35.5. The second-order valence-electron chi connectivity index (χ2n) is 7.56. The molecule has 1 aromatic carbocycles. The number of likely N-dealkylation sites (tertiary alicyclic amines) is 1. The largest absolute Gasteiger partial charge is 0.397 e. The molecule has 4 rings (SSSR count).